The standard InChI is InChI=1S/C8H13NO2/c1-3-5-9-6-7(4-2)11-8(9)10/h3,7H,1,4-6H2,2H3/t7-/m1/s1. The Hall–Kier alpha value is -0.990. The molecule has 3 heteroatoms. The number of amides is 1. The van der Waals surface area contributed by atoms with Crippen molar-refractivity contribution in [3.05, 3.63) is 12.7 Å². The third kappa shape index (κ3) is 1.73. The number of ether oxygens (including phenoxy) is 1. The number of hydrogen-bond donors (Lipinski definition) is 0. The second-order valence-electron chi connectivity index (χ2n) is 2.61. The van der Waals surface area contributed by atoms with Gasteiger partial charge in [-0.1, -0.05) is 13.0 Å². The summed E-state index contributed by atoms with van der Waals surface area (Å²) in [5.41, 5.74) is 0. The Balaban J connectivity index is 2.44. The molecule has 11 heavy (non-hydrogen) atoms. The molecule has 0 saturated carbocycles. The van der Waals surface area contributed by atoms with E-state index in [1.165, 1.54) is 0 Å². The van der Waals surface area contributed by atoms with Gasteiger partial charge in [-0.3, -0.25) is 0 Å². The van der Waals surface area contributed by atoms with Gasteiger partial charge in [0.2, 0.25) is 0 Å². The first kappa shape index (κ1) is 8.11. The molecule has 0 unspecified atom stereocenters. The maximum atomic E-state index is 11.0. The van der Waals surface area contributed by atoms with Crippen LogP contribution >= 0.6 is 0 Å². The first-order valence-corrected chi connectivity index (χ1v) is 3.84. The highest BCUT2D eigenvalue weighted by molar-refractivity contribution is 5.70. The molecule has 0 aromatic heterocycles. The van der Waals surface area contributed by atoms with Crippen LogP contribution in [-0.4, -0.2) is 30.2 Å². The minimum atomic E-state index is -0.211. The largest absolute Gasteiger partial charge is 0.444 e. The van der Waals surface area contributed by atoms with Gasteiger partial charge in [0.15, 0.2) is 0 Å². The van der Waals surface area contributed by atoms with Gasteiger partial charge in [-0.15, -0.1) is 6.58 Å². The van der Waals surface area contributed by atoms with E-state index < -0.39 is 0 Å². The normalized spacial score (nSPS) is 23.5. The van der Waals surface area contributed by atoms with Gasteiger partial charge in [-0.25, -0.2) is 4.79 Å². The van der Waals surface area contributed by atoms with Gasteiger partial charge in [0.1, 0.15) is 6.10 Å². The van der Waals surface area contributed by atoms with Gasteiger partial charge in [0.25, 0.3) is 0 Å². The molecule has 0 aromatic carbocycles. The minimum absolute atomic E-state index is 0.0856. The monoisotopic (exact) mass is 155 g/mol. The Kier molecular flexibility index (Phi) is 2.52. The molecule has 1 fully saturated rings. The number of hydrogen-bond acceptors (Lipinski definition) is 2. The van der Waals surface area contributed by atoms with Crippen LogP contribution < -0.4 is 0 Å². The van der Waals surface area contributed by atoms with Crippen molar-refractivity contribution in [1.82, 2.24) is 4.90 Å². The molecule has 1 rings (SSSR count). The highest BCUT2D eigenvalue weighted by Crippen LogP contribution is 2.12. The lowest BCUT2D eigenvalue weighted by Crippen LogP contribution is -2.24. The van der Waals surface area contributed by atoms with Crippen molar-refractivity contribution in [3.63, 3.8) is 0 Å². The average molecular weight is 155 g/mol. The van der Waals surface area contributed by atoms with E-state index in [4.69, 9.17) is 4.74 Å². The maximum Gasteiger partial charge on any atom is 0.410 e. The molecule has 1 heterocycles. The van der Waals surface area contributed by atoms with E-state index in [1.807, 2.05) is 6.92 Å². The Morgan fingerprint density at radius 3 is 3.09 bits per heavy atom. The fourth-order valence-electron chi connectivity index (χ4n) is 1.09. The zero-order chi connectivity index (χ0) is 8.27. The van der Waals surface area contributed by atoms with Gasteiger partial charge in [0, 0.05) is 6.54 Å². The summed E-state index contributed by atoms with van der Waals surface area (Å²) in [6.07, 6.45) is 2.47. The molecule has 1 aliphatic heterocycles. The summed E-state index contributed by atoms with van der Waals surface area (Å²) in [7, 11) is 0. The lowest BCUT2D eigenvalue weighted by atomic mass is 10.3. The van der Waals surface area contributed by atoms with E-state index in [0.717, 1.165) is 6.42 Å². The van der Waals surface area contributed by atoms with Crippen LogP contribution in [0.25, 0.3) is 0 Å². The molecule has 1 amide bonds. The lowest BCUT2D eigenvalue weighted by molar-refractivity contribution is 0.132. The molecule has 0 radical (unpaired) electrons. The number of carbonyl (C=O) groups is 1. The van der Waals surface area contributed by atoms with Crippen LogP contribution in [-0.2, 0) is 4.74 Å². The Bertz CT molecular complexity index is 167. The molecule has 1 saturated heterocycles. The van der Waals surface area contributed by atoms with Crippen LogP contribution in [0, 0.1) is 0 Å². The smallest absolute Gasteiger partial charge is 0.410 e. The van der Waals surface area contributed by atoms with Gasteiger partial charge >= 0.3 is 6.09 Å². The molecule has 62 valence electrons. The molecule has 0 bridgehead atoms. The molecule has 0 spiro atoms. The fraction of sp³-hybridized carbons (Fsp3) is 0.625. The van der Waals surface area contributed by atoms with Crippen LogP contribution in [0.15, 0.2) is 12.7 Å². The second kappa shape index (κ2) is 3.42. The summed E-state index contributed by atoms with van der Waals surface area (Å²) >= 11 is 0. The van der Waals surface area contributed by atoms with E-state index in [1.54, 1.807) is 11.0 Å². The van der Waals surface area contributed by atoms with E-state index in [2.05, 4.69) is 6.58 Å². The SMILES string of the molecule is C=CCN1C[C@@H](CC)OC1=O. The summed E-state index contributed by atoms with van der Waals surface area (Å²) in [5.74, 6) is 0. The fourth-order valence-corrected chi connectivity index (χ4v) is 1.09. The highest BCUT2D eigenvalue weighted by Gasteiger charge is 2.28. The van der Waals surface area contributed by atoms with Crippen molar-refractivity contribution in [2.45, 2.75) is 19.4 Å². The van der Waals surface area contributed by atoms with Crippen LogP contribution in [0.3, 0.4) is 0 Å². The van der Waals surface area contributed by atoms with Gasteiger partial charge in [-0.05, 0) is 6.42 Å². The number of cyclic esters (lactones) is 1. The first-order chi connectivity index (χ1) is 5.27. The summed E-state index contributed by atoms with van der Waals surface area (Å²) in [5, 5.41) is 0. The molecular formula is C8H13NO2. The molecular weight excluding hydrogens is 142 g/mol. The summed E-state index contributed by atoms with van der Waals surface area (Å²) in [6, 6.07) is 0. The van der Waals surface area contributed by atoms with Gasteiger partial charge in [0.05, 0.1) is 6.54 Å². The Morgan fingerprint density at radius 1 is 1.91 bits per heavy atom. The number of rotatable bonds is 3. The van der Waals surface area contributed by atoms with Crippen LogP contribution in [0.2, 0.25) is 0 Å². The van der Waals surface area contributed by atoms with Crippen molar-refractivity contribution in [3.8, 4) is 0 Å². The minimum Gasteiger partial charge on any atom is -0.444 e. The second-order valence-corrected chi connectivity index (χ2v) is 2.61. The average Bonchev–Trinajstić information content (AvgIpc) is 2.33. The molecule has 1 atom stereocenters. The predicted octanol–water partition coefficient (Wildman–Crippen LogP) is 1.40. The molecule has 3 nitrogen and oxygen atoms in total. The van der Waals surface area contributed by atoms with Gasteiger partial charge in [-0.2, -0.15) is 0 Å². The van der Waals surface area contributed by atoms with Gasteiger partial charge < -0.3 is 9.64 Å². The van der Waals surface area contributed by atoms with E-state index >= 15 is 0 Å². The van der Waals surface area contributed by atoms with E-state index in [0.29, 0.717) is 13.1 Å². The van der Waals surface area contributed by atoms with Crippen molar-refractivity contribution in [2.24, 2.45) is 0 Å². The molecule has 1 aliphatic rings. The maximum absolute atomic E-state index is 11.0. The van der Waals surface area contributed by atoms with Crippen molar-refractivity contribution in [1.29, 1.82) is 0 Å². The summed E-state index contributed by atoms with van der Waals surface area (Å²) in [6.45, 7) is 6.87. The third-order valence-electron chi connectivity index (χ3n) is 1.75. The van der Waals surface area contributed by atoms with Crippen LogP contribution in [0.4, 0.5) is 4.79 Å². The molecule has 0 aliphatic carbocycles. The zero-order valence-electron chi connectivity index (χ0n) is 6.75. The molecule has 0 aromatic rings. The zero-order valence-corrected chi connectivity index (χ0v) is 6.75. The Morgan fingerprint density at radius 2 is 2.64 bits per heavy atom. The number of carbonyl (C=O) groups excluding carboxylic acids is 1. The van der Waals surface area contributed by atoms with Crippen molar-refractivity contribution >= 4 is 6.09 Å². The lowest BCUT2D eigenvalue weighted by Gasteiger charge is -2.07. The highest BCUT2D eigenvalue weighted by atomic mass is 16.6. The summed E-state index contributed by atoms with van der Waals surface area (Å²) < 4.78 is 5.01. The quantitative estimate of drug-likeness (QED) is 0.576. The number of nitrogens with zero attached hydrogens (tertiary/aromatic N) is 1. The van der Waals surface area contributed by atoms with E-state index in [9.17, 15) is 4.79 Å². The van der Waals surface area contributed by atoms with E-state index in [-0.39, 0.29) is 12.2 Å². The van der Waals surface area contributed by atoms with Crippen LogP contribution in [0.5, 0.6) is 0 Å². The van der Waals surface area contributed by atoms with Crippen molar-refractivity contribution in [2.75, 3.05) is 13.1 Å². The molecule has 0 N–H and O–H groups in total. The first-order valence-electron chi connectivity index (χ1n) is 3.84. The predicted molar refractivity (Wildman–Crippen MR) is 42.3 cm³/mol. The third-order valence-corrected chi connectivity index (χ3v) is 1.75. The van der Waals surface area contributed by atoms with Crippen molar-refractivity contribution < 1.29 is 9.53 Å². The Labute approximate surface area is 66.6 Å². The topological polar surface area (TPSA) is 29.5 Å². The van der Waals surface area contributed by atoms with Crippen LogP contribution in [0.1, 0.15) is 13.3 Å². The summed E-state index contributed by atoms with van der Waals surface area (Å²) in [4.78, 5) is 12.6.